The Morgan fingerprint density at radius 3 is 2.41 bits per heavy atom. The van der Waals surface area contributed by atoms with Crippen molar-refractivity contribution in [1.82, 2.24) is 4.90 Å². The molecule has 27 heavy (non-hydrogen) atoms. The second-order valence-corrected chi connectivity index (χ2v) is 6.54. The summed E-state index contributed by atoms with van der Waals surface area (Å²) in [7, 11) is 5.09. The van der Waals surface area contributed by atoms with E-state index < -0.39 is 6.04 Å². The van der Waals surface area contributed by atoms with E-state index in [1.54, 1.807) is 26.4 Å². The second-order valence-electron chi connectivity index (χ2n) is 6.54. The first-order valence-electron chi connectivity index (χ1n) is 8.88. The molecule has 1 aliphatic rings. The van der Waals surface area contributed by atoms with Gasteiger partial charge in [0, 0.05) is 6.54 Å². The quantitative estimate of drug-likeness (QED) is 0.703. The van der Waals surface area contributed by atoms with Gasteiger partial charge in [-0.05, 0) is 43.3 Å². The van der Waals surface area contributed by atoms with Crippen LogP contribution in [0.3, 0.4) is 0 Å². The molecule has 0 bridgehead atoms. The smallest absolute Gasteiger partial charge is 0.251 e. The van der Waals surface area contributed by atoms with Gasteiger partial charge in [0.15, 0.2) is 11.5 Å². The number of likely N-dealkylation sites (N-methyl/N-ethyl adjacent to an activating group) is 1. The number of imide groups is 1. The van der Waals surface area contributed by atoms with Crippen LogP contribution in [-0.2, 0) is 16.0 Å². The van der Waals surface area contributed by atoms with Crippen molar-refractivity contribution in [3.05, 3.63) is 54.1 Å². The van der Waals surface area contributed by atoms with Gasteiger partial charge in [-0.2, -0.15) is 0 Å². The van der Waals surface area contributed by atoms with Gasteiger partial charge in [0.2, 0.25) is 5.91 Å². The largest absolute Gasteiger partial charge is 0.493 e. The molecule has 1 atom stereocenters. The molecular formula is C21H24N2O4. The first kappa shape index (κ1) is 18.9. The normalized spacial score (nSPS) is 16.9. The molecule has 2 aromatic rings. The third-order valence-electron chi connectivity index (χ3n) is 4.87. The third-order valence-corrected chi connectivity index (χ3v) is 4.87. The van der Waals surface area contributed by atoms with Crippen molar-refractivity contribution in [1.29, 1.82) is 0 Å². The Hall–Kier alpha value is -2.86. The summed E-state index contributed by atoms with van der Waals surface area (Å²) in [6.45, 7) is 0.655. The van der Waals surface area contributed by atoms with Gasteiger partial charge in [-0.1, -0.05) is 24.3 Å². The van der Waals surface area contributed by atoms with E-state index >= 15 is 0 Å². The summed E-state index contributed by atoms with van der Waals surface area (Å²) < 4.78 is 10.6. The molecule has 2 amide bonds. The van der Waals surface area contributed by atoms with Crippen LogP contribution >= 0.6 is 0 Å². The fourth-order valence-electron chi connectivity index (χ4n) is 3.31. The number of carbonyl (C=O) groups excluding carboxylic acids is 2. The third kappa shape index (κ3) is 3.95. The van der Waals surface area contributed by atoms with Crippen molar-refractivity contribution in [2.24, 2.45) is 0 Å². The van der Waals surface area contributed by atoms with Crippen molar-refractivity contribution in [3.63, 3.8) is 0 Å². The summed E-state index contributed by atoms with van der Waals surface area (Å²) in [6, 6.07) is 14.4. The van der Waals surface area contributed by atoms with Gasteiger partial charge in [-0.25, -0.2) is 4.90 Å². The van der Waals surface area contributed by atoms with Crippen LogP contribution in [-0.4, -0.2) is 50.6 Å². The lowest BCUT2D eigenvalue weighted by molar-refractivity contribution is -0.122. The fourth-order valence-corrected chi connectivity index (χ4v) is 3.31. The lowest BCUT2D eigenvalue weighted by Gasteiger charge is -2.23. The Morgan fingerprint density at radius 1 is 1.04 bits per heavy atom. The molecule has 0 radical (unpaired) electrons. The van der Waals surface area contributed by atoms with Gasteiger partial charge >= 0.3 is 0 Å². The molecule has 1 aliphatic heterocycles. The minimum Gasteiger partial charge on any atom is -0.493 e. The Balaban J connectivity index is 1.66. The van der Waals surface area contributed by atoms with E-state index in [-0.39, 0.29) is 18.2 Å². The summed E-state index contributed by atoms with van der Waals surface area (Å²) in [5.41, 5.74) is 1.71. The minimum atomic E-state index is -0.433. The van der Waals surface area contributed by atoms with E-state index in [1.807, 2.05) is 48.3 Å². The van der Waals surface area contributed by atoms with Crippen molar-refractivity contribution >= 4 is 17.5 Å². The number of amides is 2. The standard InChI is InChI=1S/C21H24N2O4/c1-22(12-11-15-9-10-18(26-2)19(13-15)27-3)17-14-20(24)23(21(17)25)16-7-5-4-6-8-16/h4-10,13,17H,11-12,14H2,1-3H3/t17-/m1/s1. The van der Waals surface area contributed by atoms with E-state index in [1.165, 1.54) is 4.90 Å². The molecule has 0 unspecified atom stereocenters. The number of carbonyl (C=O) groups is 2. The lowest BCUT2D eigenvalue weighted by atomic mass is 10.1. The van der Waals surface area contributed by atoms with E-state index in [2.05, 4.69) is 0 Å². The van der Waals surface area contributed by atoms with Gasteiger partial charge in [0.1, 0.15) is 0 Å². The first-order chi connectivity index (χ1) is 13.0. The Bertz CT molecular complexity index is 822. The number of methoxy groups -OCH3 is 2. The highest BCUT2D eigenvalue weighted by molar-refractivity contribution is 6.22. The average molecular weight is 368 g/mol. The highest BCUT2D eigenvalue weighted by atomic mass is 16.5. The highest BCUT2D eigenvalue weighted by Gasteiger charge is 2.41. The predicted molar refractivity (Wildman–Crippen MR) is 103 cm³/mol. The van der Waals surface area contributed by atoms with Crippen LogP contribution in [0.15, 0.2) is 48.5 Å². The van der Waals surface area contributed by atoms with Gasteiger partial charge in [0.05, 0.1) is 32.4 Å². The van der Waals surface area contributed by atoms with Crippen LogP contribution < -0.4 is 14.4 Å². The average Bonchev–Trinajstić information content (AvgIpc) is 3.00. The molecule has 2 aromatic carbocycles. The molecule has 0 aliphatic carbocycles. The molecule has 0 aromatic heterocycles. The van der Waals surface area contributed by atoms with E-state index in [0.29, 0.717) is 23.7 Å². The van der Waals surface area contributed by atoms with Crippen molar-refractivity contribution < 1.29 is 19.1 Å². The zero-order valence-corrected chi connectivity index (χ0v) is 15.8. The molecule has 1 saturated heterocycles. The number of rotatable bonds is 7. The number of nitrogens with zero attached hydrogens (tertiary/aromatic N) is 2. The second kappa shape index (κ2) is 8.22. The highest BCUT2D eigenvalue weighted by Crippen LogP contribution is 2.28. The molecule has 6 nitrogen and oxygen atoms in total. The maximum Gasteiger partial charge on any atom is 0.251 e. The number of anilines is 1. The number of para-hydroxylation sites is 1. The van der Waals surface area contributed by atoms with Crippen LogP contribution in [0.4, 0.5) is 5.69 Å². The predicted octanol–water partition coefficient (Wildman–Crippen LogP) is 2.51. The zero-order valence-electron chi connectivity index (χ0n) is 15.8. The van der Waals surface area contributed by atoms with Crippen LogP contribution in [0.5, 0.6) is 11.5 Å². The monoisotopic (exact) mass is 368 g/mol. The number of hydrogen-bond acceptors (Lipinski definition) is 5. The van der Waals surface area contributed by atoms with Gasteiger partial charge < -0.3 is 9.47 Å². The summed E-state index contributed by atoms with van der Waals surface area (Å²) in [4.78, 5) is 28.4. The van der Waals surface area contributed by atoms with Crippen LogP contribution in [0.2, 0.25) is 0 Å². The van der Waals surface area contributed by atoms with Crippen molar-refractivity contribution in [2.75, 3.05) is 32.7 Å². The molecule has 1 heterocycles. The summed E-state index contributed by atoms with van der Waals surface area (Å²) in [5, 5.41) is 0. The van der Waals surface area contributed by atoms with Crippen molar-refractivity contribution in [3.8, 4) is 11.5 Å². The fraction of sp³-hybridized carbons (Fsp3) is 0.333. The van der Waals surface area contributed by atoms with Gasteiger partial charge in [-0.15, -0.1) is 0 Å². The van der Waals surface area contributed by atoms with Gasteiger partial charge in [-0.3, -0.25) is 14.5 Å². The zero-order chi connectivity index (χ0) is 19.4. The van der Waals surface area contributed by atoms with Crippen LogP contribution in [0.25, 0.3) is 0 Å². The molecule has 1 fully saturated rings. The Morgan fingerprint density at radius 2 is 1.74 bits per heavy atom. The SMILES string of the molecule is COc1ccc(CCN(C)[C@@H]2CC(=O)N(c3ccccc3)C2=O)cc1OC. The van der Waals surface area contributed by atoms with Crippen molar-refractivity contribution in [2.45, 2.75) is 18.9 Å². The molecular weight excluding hydrogens is 344 g/mol. The van der Waals surface area contributed by atoms with Crippen LogP contribution in [0.1, 0.15) is 12.0 Å². The molecule has 0 spiro atoms. The summed E-state index contributed by atoms with van der Waals surface area (Å²) in [5.74, 6) is 1.04. The number of hydrogen-bond donors (Lipinski definition) is 0. The van der Waals surface area contributed by atoms with E-state index in [0.717, 1.165) is 12.0 Å². The lowest BCUT2D eigenvalue weighted by Crippen LogP contribution is -2.40. The number of ether oxygens (including phenoxy) is 2. The maximum absolute atomic E-state index is 12.8. The summed E-state index contributed by atoms with van der Waals surface area (Å²) in [6.07, 6.45) is 0.941. The molecule has 0 saturated carbocycles. The minimum absolute atomic E-state index is 0.158. The Kier molecular flexibility index (Phi) is 5.76. The molecule has 6 heteroatoms. The van der Waals surface area contributed by atoms with E-state index in [9.17, 15) is 9.59 Å². The van der Waals surface area contributed by atoms with E-state index in [4.69, 9.17) is 9.47 Å². The first-order valence-corrected chi connectivity index (χ1v) is 8.88. The molecule has 142 valence electrons. The molecule has 3 rings (SSSR count). The van der Waals surface area contributed by atoms with Crippen LogP contribution in [0, 0.1) is 0 Å². The maximum atomic E-state index is 12.8. The number of benzene rings is 2. The molecule has 0 N–H and O–H groups in total. The Labute approximate surface area is 159 Å². The summed E-state index contributed by atoms with van der Waals surface area (Å²) >= 11 is 0. The van der Waals surface area contributed by atoms with Gasteiger partial charge in [0.25, 0.3) is 5.91 Å². The topological polar surface area (TPSA) is 59.1 Å².